The van der Waals surface area contributed by atoms with Gasteiger partial charge in [-0.25, -0.2) is 0 Å². The van der Waals surface area contributed by atoms with Crippen LogP contribution in [0.2, 0.25) is 0 Å². The first-order chi connectivity index (χ1) is 7.22. The highest BCUT2D eigenvalue weighted by atomic mass is 127. The smallest absolute Gasteiger partial charge is 0.227 e. The van der Waals surface area contributed by atoms with Crippen molar-refractivity contribution < 1.29 is 9.90 Å². The number of aliphatic hydroxyl groups excluding tert-OH is 1. The minimum atomic E-state index is 0.0708. The van der Waals surface area contributed by atoms with E-state index < -0.39 is 0 Å². The summed E-state index contributed by atoms with van der Waals surface area (Å²) in [6, 6.07) is 1.83. The SMILES string of the molecule is O=C1CC(CO)CN1c1ccncc1I. The number of halogens is 1. The molecule has 0 aromatic carbocycles. The summed E-state index contributed by atoms with van der Waals surface area (Å²) < 4.78 is 0.960. The number of nitrogens with zero attached hydrogens (tertiary/aromatic N) is 2. The fraction of sp³-hybridized carbons (Fsp3) is 0.400. The molecule has 0 saturated carbocycles. The highest BCUT2D eigenvalue weighted by Crippen LogP contribution is 2.27. The molecule has 1 aromatic rings. The zero-order chi connectivity index (χ0) is 10.8. The Bertz CT molecular complexity index is 383. The summed E-state index contributed by atoms with van der Waals surface area (Å²) in [7, 11) is 0. The van der Waals surface area contributed by atoms with E-state index in [-0.39, 0.29) is 18.4 Å². The van der Waals surface area contributed by atoms with Gasteiger partial charge < -0.3 is 10.0 Å². The molecule has 1 atom stereocenters. The van der Waals surface area contributed by atoms with Gasteiger partial charge >= 0.3 is 0 Å². The van der Waals surface area contributed by atoms with Crippen LogP contribution in [0.5, 0.6) is 0 Å². The van der Waals surface area contributed by atoms with Crippen LogP contribution in [0.1, 0.15) is 6.42 Å². The van der Waals surface area contributed by atoms with E-state index in [9.17, 15) is 4.79 Å². The van der Waals surface area contributed by atoms with Gasteiger partial charge in [-0.2, -0.15) is 0 Å². The molecular weight excluding hydrogens is 307 g/mol. The third-order valence-corrected chi connectivity index (χ3v) is 3.34. The van der Waals surface area contributed by atoms with Gasteiger partial charge in [0.1, 0.15) is 0 Å². The Morgan fingerprint density at radius 3 is 3.07 bits per heavy atom. The molecule has 0 radical (unpaired) electrons. The molecule has 1 aliphatic rings. The van der Waals surface area contributed by atoms with Crippen molar-refractivity contribution >= 4 is 34.2 Å². The Morgan fingerprint density at radius 2 is 2.47 bits per heavy atom. The van der Waals surface area contributed by atoms with Crippen molar-refractivity contribution in [2.45, 2.75) is 6.42 Å². The van der Waals surface area contributed by atoms with Crippen LogP contribution in [0.15, 0.2) is 18.5 Å². The first-order valence-electron chi connectivity index (χ1n) is 4.73. The molecule has 1 amide bonds. The van der Waals surface area contributed by atoms with E-state index in [1.807, 2.05) is 6.07 Å². The fourth-order valence-electron chi connectivity index (χ4n) is 1.72. The molecule has 1 fully saturated rings. The average Bonchev–Trinajstić information content (AvgIpc) is 2.60. The standard InChI is InChI=1S/C10H11IN2O2/c11-8-4-12-2-1-9(8)13-5-7(6-14)3-10(13)15/h1-2,4,7,14H,3,5-6H2. The van der Waals surface area contributed by atoms with Crippen LogP contribution >= 0.6 is 22.6 Å². The number of carbonyl (C=O) groups is 1. The summed E-state index contributed by atoms with van der Waals surface area (Å²) in [5.41, 5.74) is 0.895. The van der Waals surface area contributed by atoms with Gasteiger partial charge in [0, 0.05) is 37.9 Å². The summed E-state index contributed by atoms with van der Waals surface area (Å²) in [6.45, 7) is 0.680. The average molecular weight is 318 g/mol. The molecule has 1 unspecified atom stereocenters. The lowest BCUT2D eigenvalue weighted by Gasteiger charge is -2.17. The van der Waals surface area contributed by atoms with E-state index in [2.05, 4.69) is 27.6 Å². The van der Waals surface area contributed by atoms with Crippen LogP contribution in [0.4, 0.5) is 5.69 Å². The van der Waals surface area contributed by atoms with Gasteiger partial charge in [0.25, 0.3) is 0 Å². The first-order valence-corrected chi connectivity index (χ1v) is 5.81. The van der Waals surface area contributed by atoms with Gasteiger partial charge in [-0.3, -0.25) is 9.78 Å². The van der Waals surface area contributed by atoms with Crippen molar-refractivity contribution in [1.82, 2.24) is 4.98 Å². The van der Waals surface area contributed by atoms with Crippen molar-refractivity contribution in [3.8, 4) is 0 Å². The summed E-state index contributed by atoms with van der Waals surface area (Å²) in [6.07, 6.45) is 3.85. The Labute approximate surface area is 101 Å². The van der Waals surface area contributed by atoms with Crippen molar-refractivity contribution in [1.29, 1.82) is 0 Å². The zero-order valence-electron chi connectivity index (χ0n) is 8.06. The molecule has 4 nitrogen and oxygen atoms in total. The summed E-state index contributed by atoms with van der Waals surface area (Å²) in [5.74, 6) is 0.152. The van der Waals surface area contributed by atoms with E-state index >= 15 is 0 Å². The summed E-state index contributed by atoms with van der Waals surface area (Å²) in [4.78, 5) is 17.4. The van der Waals surface area contributed by atoms with Crippen molar-refractivity contribution in [2.75, 3.05) is 18.1 Å². The van der Waals surface area contributed by atoms with E-state index in [0.29, 0.717) is 13.0 Å². The second kappa shape index (κ2) is 4.44. The first kappa shape index (κ1) is 10.8. The third kappa shape index (κ3) is 2.12. The number of pyridine rings is 1. The molecule has 2 heterocycles. The topological polar surface area (TPSA) is 53.4 Å². The Balaban J connectivity index is 2.25. The fourth-order valence-corrected chi connectivity index (χ4v) is 2.36. The number of hydrogen-bond acceptors (Lipinski definition) is 3. The molecule has 0 aliphatic carbocycles. The van der Waals surface area contributed by atoms with Gasteiger partial charge in [0.15, 0.2) is 0 Å². The van der Waals surface area contributed by atoms with Crippen LogP contribution in [-0.2, 0) is 4.79 Å². The van der Waals surface area contributed by atoms with Crippen LogP contribution in [0.25, 0.3) is 0 Å². The lowest BCUT2D eigenvalue weighted by atomic mass is 10.1. The number of aromatic nitrogens is 1. The van der Waals surface area contributed by atoms with Crippen LogP contribution in [0.3, 0.4) is 0 Å². The number of aliphatic hydroxyl groups is 1. The number of hydrogen-bond donors (Lipinski definition) is 1. The van der Waals surface area contributed by atoms with Crippen LogP contribution in [-0.4, -0.2) is 29.1 Å². The predicted molar refractivity (Wildman–Crippen MR) is 64.5 cm³/mol. The molecule has 5 heteroatoms. The van der Waals surface area contributed by atoms with Crippen molar-refractivity contribution in [2.24, 2.45) is 5.92 Å². The van der Waals surface area contributed by atoms with Gasteiger partial charge in [-0.1, -0.05) is 0 Å². The normalized spacial score (nSPS) is 21.1. The van der Waals surface area contributed by atoms with Gasteiger partial charge in [0.05, 0.1) is 9.26 Å². The van der Waals surface area contributed by atoms with Crippen molar-refractivity contribution in [3.05, 3.63) is 22.0 Å². The third-order valence-electron chi connectivity index (χ3n) is 2.51. The largest absolute Gasteiger partial charge is 0.396 e. The quantitative estimate of drug-likeness (QED) is 0.829. The lowest BCUT2D eigenvalue weighted by Crippen LogP contribution is -2.25. The zero-order valence-corrected chi connectivity index (χ0v) is 10.2. The minimum absolute atomic E-state index is 0.0708. The lowest BCUT2D eigenvalue weighted by molar-refractivity contribution is -0.117. The second-order valence-corrected chi connectivity index (χ2v) is 4.75. The van der Waals surface area contributed by atoms with Gasteiger partial charge in [0.2, 0.25) is 5.91 Å². The molecule has 1 N–H and O–H groups in total. The monoisotopic (exact) mass is 318 g/mol. The highest BCUT2D eigenvalue weighted by molar-refractivity contribution is 14.1. The Hall–Kier alpha value is -0.690. The molecule has 1 aliphatic heterocycles. The number of anilines is 1. The molecule has 1 aromatic heterocycles. The molecule has 1 saturated heterocycles. The molecule has 15 heavy (non-hydrogen) atoms. The van der Waals surface area contributed by atoms with E-state index in [1.54, 1.807) is 17.3 Å². The minimum Gasteiger partial charge on any atom is -0.396 e. The highest BCUT2D eigenvalue weighted by Gasteiger charge is 2.30. The second-order valence-electron chi connectivity index (χ2n) is 3.58. The molecule has 0 spiro atoms. The molecular formula is C10H11IN2O2. The number of carbonyl (C=O) groups excluding carboxylic acids is 1. The molecule has 80 valence electrons. The van der Waals surface area contributed by atoms with Gasteiger partial charge in [-0.15, -0.1) is 0 Å². The molecule has 0 bridgehead atoms. The number of rotatable bonds is 2. The number of amides is 1. The maximum absolute atomic E-state index is 11.7. The van der Waals surface area contributed by atoms with Gasteiger partial charge in [-0.05, 0) is 28.7 Å². The van der Waals surface area contributed by atoms with E-state index in [1.165, 1.54) is 0 Å². The van der Waals surface area contributed by atoms with E-state index in [4.69, 9.17) is 5.11 Å². The maximum Gasteiger partial charge on any atom is 0.227 e. The van der Waals surface area contributed by atoms with Crippen LogP contribution in [0, 0.1) is 9.49 Å². The van der Waals surface area contributed by atoms with Crippen molar-refractivity contribution in [3.63, 3.8) is 0 Å². The predicted octanol–water partition coefficient (Wildman–Crippen LogP) is 1.03. The summed E-state index contributed by atoms with van der Waals surface area (Å²) >= 11 is 2.16. The molecule has 2 rings (SSSR count). The maximum atomic E-state index is 11.7. The summed E-state index contributed by atoms with van der Waals surface area (Å²) in [5, 5.41) is 9.02. The van der Waals surface area contributed by atoms with E-state index in [0.717, 1.165) is 9.26 Å². The Morgan fingerprint density at radius 1 is 1.67 bits per heavy atom. The Kier molecular flexibility index (Phi) is 3.20. The van der Waals surface area contributed by atoms with Crippen LogP contribution < -0.4 is 4.90 Å².